The summed E-state index contributed by atoms with van der Waals surface area (Å²) in [6.45, 7) is 5.22. The van der Waals surface area contributed by atoms with E-state index in [1.54, 1.807) is 12.1 Å². The molecule has 0 heterocycles. The number of amides is 1. The number of rotatable bonds is 6. The summed E-state index contributed by atoms with van der Waals surface area (Å²) in [5, 5.41) is 0.0565. The number of nitrogens with one attached hydrogen (secondary N) is 2. The molecule has 0 aliphatic rings. The van der Waals surface area contributed by atoms with E-state index in [2.05, 4.69) is 0 Å². The second-order valence-corrected chi connectivity index (χ2v) is 7.71. The van der Waals surface area contributed by atoms with Crippen molar-refractivity contribution in [2.24, 2.45) is 0 Å². The Bertz CT molecular complexity index is 934. The minimum atomic E-state index is -4.30. The van der Waals surface area contributed by atoms with Crippen molar-refractivity contribution in [3.05, 3.63) is 58.4 Å². The number of hydrogen-bond acceptors (Lipinski definition) is 4. The van der Waals surface area contributed by atoms with Gasteiger partial charge >= 0.3 is 0 Å². The maximum atomic E-state index is 13.8. The van der Waals surface area contributed by atoms with Crippen molar-refractivity contribution >= 4 is 27.5 Å². The number of aryl methyl sites for hydroxylation is 1. The SMILES string of the molecule is Cc1cccc(O[C@H](C)C(=O)NNS(=O)(=O)c2ccc(Cl)cc2F)c1C. The van der Waals surface area contributed by atoms with Gasteiger partial charge in [0.2, 0.25) is 0 Å². The van der Waals surface area contributed by atoms with E-state index in [0.29, 0.717) is 5.75 Å². The van der Waals surface area contributed by atoms with Crippen LogP contribution in [0.3, 0.4) is 0 Å². The highest BCUT2D eigenvalue weighted by Gasteiger charge is 2.22. The zero-order valence-electron chi connectivity index (χ0n) is 14.3. The molecular formula is C17H18ClFN2O4S. The van der Waals surface area contributed by atoms with Gasteiger partial charge in [0.15, 0.2) is 6.10 Å². The van der Waals surface area contributed by atoms with Crippen LogP contribution >= 0.6 is 11.6 Å². The van der Waals surface area contributed by atoms with Gasteiger partial charge in [-0.2, -0.15) is 0 Å². The molecule has 1 amide bonds. The summed E-state index contributed by atoms with van der Waals surface area (Å²) in [6, 6.07) is 8.50. The van der Waals surface area contributed by atoms with Gasteiger partial charge in [-0.3, -0.25) is 10.2 Å². The molecule has 1 atom stereocenters. The quantitative estimate of drug-likeness (QED) is 0.730. The van der Waals surface area contributed by atoms with Crippen LogP contribution in [0.4, 0.5) is 4.39 Å². The third-order valence-corrected chi connectivity index (χ3v) is 5.24. The number of carbonyl (C=O) groups excluding carboxylic acids is 1. The molecule has 0 spiro atoms. The molecule has 6 nitrogen and oxygen atoms in total. The number of hydrogen-bond donors (Lipinski definition) is 2. The van der Waals surface area contributed by atoms with Crippen LogP contribution in [0, 0.1) is 19.7 Å². The number of ether oxygens (including phenoxy) is 1. The Kier molecular flexibility index (Phi) is 6.22. The topological polar surface area (TPSA) is 84.5 Å². The number of carbonyl (C=O) groups is 1. The van der Waals surface area contributed by atoms with E-state index < -0.39 is 32.7 Å². The number of hydrazine groups is 1. The zero-order chi connectivity index (χ0) is 19.5. The normalized spacial score (nSPS) is 12.5. The minimum Gasteiger partial charge on any atom is -0.481 e. The highest BCUT2D eigenvalue weighted by atomic mass is 35.5. The molecule has 0 aromatic heterocycles. The average Bonchev–Trinajstić information content (AvgIpc) is 2.56. The first kappa shape index (κ1) is 20.2. The molecule has 2 aromatic rings. The van der Waals surface area contributed by atoms with Gasteiger partial charge in [0.25, 0.3) is 15.9 Å². The fourth-order valence-electron chi connectivity index (χ4n) is 2.06. The van der Waals surface area contributed by atoms with Crippen LogP contribution in [0.2, 0.25) is 5.02 Å². The summed E-state index contributed by atoms with van der Waals surface area (Å²) in [4.78, 5) is 13.3. The Morgan fingerprint density at radius 3 is 2.58 bits per heavy atom. The molecule has 0 fully saturated rings. The van der Waals surface area contributed by atoms with Crippen molar-refractivity contribution in [2.45, 2.75) is 31.8 Å². The number of sulfonamides is 1. The van der Waals surface area contributed by atoms with Gasteiger partial charge < -0.3 is 4.74 Å². The van der Waals surface area contributed by atoms with Crippen molar-refractivity contribution in [1.82, 2.24) is 10.3 Å². The van der Waals surface area contributed by atoms with E-state index in [1.165, 1.54) is 13.0 Å². The summed E-state index contributed by atoms with van der Waals surface area (Å²) in [5.74, 6) is -1.25. The van der Waals surface area contributed by atoms with Crippen LogP contribution in [-0.4, -0.2) is 20.4 Å². The van der Waals surface area contributed by atoms with Gasteiger partial charge in [-0.1, -0.05) is 23.7 Å². The van der Waals surface area contributed by atoms with Crippen molar-refractivity contribution in [1.29, 1.82) is 0 Å². The fraction of sp³-hybridized carbons (Fsp3) is 0.235. The lowest BCUT2D eigenvalue weighted by atomic mass is 10.1. The Morgan fingerprint density at radius 1 is 1.23 bits per heavy atom. The summed E-state index contributed by atoms with van der Waals surface area (Å²) in [5.41, 5.74) is 3.88. The standard InChI is InChI=1S/C17H18ClFN2O4S/c1-10-5-4-6-15(11(10)2)25-12(3)17(22)20-21-26(23,24)16-8-7-13(18)9-14(16)19/h4-9,12,21H,1-3H3,(H,20,22)/t12-/m1/s1. The second-order valence-electron chi connectivity index (χ2n) is 5.63. The third-order valence-electron chi connectivity index (χ3n) is 3.72. The van der Waals surface area contributed by atoms with E-state index in [0.717, 1.165) is 23.3 Å². The second kappa shape index (κ2) is 8.03. The van der Waals surface area contributed by atoms with Crippen molar-refractivity contribution in [3.8, 4) is 5.75 Å². The van der Waals surface area contributed by atoms with Gasteiger partial charge in [0.1, 0.15) is 16.5 Å². The van der Waals surface area contributed by atoms with Crippen LogP contribution in [0.25, 0.3) is 0 Å². The Balaban J connectivity index is 2.04. The van der Waals surface area contributed by atoms with Crippen LogP contribution < -0.4 is 15.0 Å². The predicted molar refractivity (Wildman–Crippen MR) is 95.9 cm³/mol. The molecule has 2 N–H and O–H groups in total. The number of benzene rings is 2. The molecule has 0 bridgehead atoms. The molecule has 0 aliphatic heterocycles. The maximum Gasteiger partial charge on any atom is 0.275 e. The molecule has 9 heteroatoms. The predicted octanol–water partition coefficient (Wildman–Crippen LogP) is 2.87. The molecule has 0 aliphatic carbocycles. The first-order valence-electron chi connectivity index (χ1n) is 7.61. The zero-order valence-corrected chi connectivity index (χ0v) is 15.9. The summed E-state index contributed by atoms with van der Waals surface area (Å²) in [6.07, 6.45) is -0.978. The van der Waals surface area contributed by atoms with Crippen LogP contribution in [0.15, 0.2) is 41.3 Å². The van der Waals surface area contributed by atoms with Crippen LogP contribution in [-0.2, 0) is 14.8 Å². The first-order chi connectivity index (χ1) is 12.1. The van der Waals surface area contributed by atoms with Gasteiger partial charge in [-0.25, -0.2) is 12.8 Å². The van der Waals surface area contributed by atoms with Crippen LogP contribution in [0.1, 0.15) is 18.1 Å². The van der Waals surface area contributed by atoms with Gasteiger partial charge in [-0.15, -0.1) is 4.83 Å². The van der Waals surface area contributed by atoms with E-state index in [9.17, 15) is 17.6 Å². The molecule has 0 saturated heterocycles. The molecule has 0 unspecified atom stereocenters. The molecular weight excluding hydrogens is 383 g/mol. The third kappa shape index (κ3) is 4.72. The van der Waals surface area contributed by atoms with Crippen molar-refractivity contribution < 1.29 is 22.3 Å². The van der Waals surface area contributed by atoms with E-state index in [1.807, 2.05) is 30.2 Å². The molecule has 2 aromatic carbocycles. The Hall–Kier alpha value is -2.16. The maximum absolute atomic E-state index is 13.8. The smallest absolute Gasteiger partial charge is 0.275 e. The Morgan fingerprint density at radius 2 is 1.92 bits per heavy atom. The summed E-state index contributed by atoms with van der Waals surface area (Å²) in [7, 11) is -4.30. The minimum absolute atomic E-state index is 0.0565. The van der Waals surface area contributed by atoms with E-state index in [4.69, 9.17) is 16.3 Å². The fourth-order valence-corrected chi connectivity index (χ4v) is 3.13. The highest BCUT2D eigenvalue weighted by molar-refractivity contribution is 7.89. The summed E-state index contributed by atoms with van der Waals surface area (Å²) < 4.78 is 43.5. The van der Waals surface area contributed by atoms with Crippen LogP contribution in [0.5, 0.6) is 5.75 Å². The largest absolute Gasteiger partial charge is 0.481 e. The van der Waals surface area contributed by atoms with Gasteiger partial charge in [0, 0.05) is 5.02 Å². The lowest BCUT2D eigenvalue weighted by Crippen LogP contribution is -2.47. The average molecular weight is 401 g/mol. The molecule has 0 radical (unpaired) electrons. The first-order valence-corrected chi connectivity index (χ1v) is 9.47. The van der Waals surface area contributed by atoms with E-state index in [-0.39, 0.29) is 5.02 Å². The highest BCUT2D eigenvalue weighted by Crippen LogP contribution is 2.22. The number of halogens is 2. The lowest BCUT2D eigenvalue weighted by molar-refractivity contribution is -0.127. The van der Waals surface area contributed by atoms with Gasteiger partial charge in [0.05, 0.1) is 0 Å². The van der Waals surface area contributed by atoms with Crippen molar-refractivity contribution in [3.63, 3.8) is 0 Å². The van der Waals surface area contributed by atoms with Crippen molar-refractivity contribution in [2.75, 3.05) is 0 Å². The van der Waals surface area contributed by atoms with E-state index >= 15 is 0 Å². The molecule has 2 rings (SSSR count). The Labute approximate surface area is 156 Å². The summed E-state index contributed by atoms with van der Waals surface area (Å²) >= 11 is 5.60. The molecule has 140 valence electrons. The van der Waals surface area contributed by atoms with Gasteiger partial charge in [-0.05, 0) is 56.2 Å². The molecule has 26 heavy (non-hydrogen) atoms. The molecule has 0 saturated carbocycles. The lowest BCUT2D eigenvalue weighted by Gasteiger charge is -2.17. The monoisotopic (exact) mass is 400 g/mol.